The fraction of sp³-hybridized carbons (Fsp3) is 0.0652. The molecule has 238 valence electrons. The Morgan fingerprint density at radius 2 is 1.04 bits per heavy atom. The van der Waals surface area contributed by atoms with Gasteiger partial charge in [-0.05, 0) is 71.1 Å². The Morgan fingerprint density at radius 1 is 0.500 bits per heavy atom. The van der Waals surface area contributed by atoms with E-state index < -0.39 is 0 Å². The first-order chi connectivity index (χ1) is 24.6. The van der Waals surface area contributed by atoms with E-state index in [9.17, 15) is 0 Å². The minimum Gasteiger partial charge on any atom is -0.310 e. The van der Waals surface area contributed by atoms with Gasteiger partial charge < -0.3 is 4.57 Å². The number of para-hydroxylation sites is 1. The average molecular weight is 643 g/mol. The second-order valence-electron chi connectivity index (χ2n) is 13.2. The van der Waals surface area contributed by atoms with Gasteiger partial charge in [0.25, 0.3) is 0 Å². The maximum atomic E-state index is 5.05. The molecule has 0 fully saturated rings. The maximum Gasteiger partial charge on any atom is 0.164 e. The molecule has 0 radical (unpaired) electrons. The van der Waals surface area contributed by atoms with Crippen LogP contribution in [0, 0.1) is 0 Å². The molecule has 50 heavy (non-hydrogen) atoms. The zero-order valence-corrected chi connectivity index (χ0v) is 27.7. The summed E-state index contributed by atoms with van der Waals surface area (Å²) in [5.41, 5.74) is 11.3. The standard InChI is InChI=1S/C46H34N4/c1-46(37-20-9-4-10-21-37)29-28-42-40(31-46)39-22-11-12-23-41(39)50(42)38-26-24-34(25-27-38)44-47-43(33-16-7-3-8-17-33)48-45(49-44)36-19-13-18-35(30-36)32-14-5-2-6-15-32/h2-30H,31H2,1H3. The molecule has 8 aromatic rings. The Balaban J connectivity index is 1.13. The van der Waals surface area contributed by atoms with Crippen LogP contribution < -0.4 is 0 Å². The lowest BCUT2D eigenvalue weighted by Gasteiger charge is -2.30. The molecule has 4 nitrogen and oxygen atoms in total. The van der Waals surface area contributed by atoms with E-state index in [1.54, 1.807) is 0 Å². The molecule has 0 N–H and O–H groups in total. The van der Waals surface area contributed by atoms with Crippen LogP contribution in [0.1, 0.15) is 23.7 Å². The number of aromatic nitrogens is 4. The van der Waals surface area contributed by atoms with Crippen molar-refractivity contribution in [2.75, 3.05) is 0 Å². The van der Waals surface area contributed by atoms with Gasteiger partial charge in [-0.25, -0.2) is 15.0 Å². The molecule has 1 atom stereocenters. The largest absolute Gasteiger partial charge is 0.310 e. The molecule has 0 saturated heterocycles. The van der Waals surface area contributed by atoms with Crippen LogP contribution in [0.25, 0.3) is 68.0 Å². The predicted molar refractivity (Wildman–Crippen MR) is 205 cm³/mol. The van der Waals surface area contributed by atoms with Crippen molar-refractivity contribution < 1.29 is 0 Å². The number of nitrogens with zero attached hydrogens (tertiary/aromatic N) is 4. The van der Waals surface area contributed by atoms with Crippen molar-refractivity contribution in [3.05, 3.63) is 187 Å². The van der Waals surface area contributed by atoms with Crippen molar-refractivity contribution in [2.45, 2.75) is 18.8 Å². The second-order valence-corrected chi connectivity index (χ2v) is 13.2. The van der Waals surface area contributed by atoms with Crippen molar-refractivity contribution in [3.8, 4) is 51.0 Å². The van der Waals surface area contributed by atoms with Crippen LogP contribution in [0.4, 0.5) is 0 Å². The molecule has 1 aliphatic carbocycles. The van der Waals surface area contributed by atoms with Crippen molar-refractivity contribution in [1.82, 2.24) is 19.5 Å². The summed E-state index contributed by atoms with van der Waals surface area (Å²) >= 11 is 0. The molecule has 0 amide bonds. The lowest BCUT2D eigenvalue weighted by molar-refractivity contribution is 0.588. The molecule has 4 heteroatoms. The minimum atomic E-state index is -0.0689. The monoisotopic (exact) mass is 642 g/mol. The van der Waals surface area contributed by atoms with Gasteiger partial charge in [-0.3, -0.25) is 0 Å². The zero-order chi connectivity index (χ0) is 33.5. The Morgan fingerprint density at radius 3 is 1.74 bits per heavy atom. The predicted octanol–water partition coefficient (Wildman–Crippen LogP) is 11.0. The van der Waals surface area contributed by atoms with E-state index in [-0.39, 0.29) is 5.41 Å². The first-order valence-corrected chi connectivity index (χ1v) is 17.1. The Hall–Kier alpha value is -6.39. The van der Waals surface area contributed by atoms with Gasteiger partial charge >= 0.3 is 0 Å². The van der Waals surface area contributed by atoms with E-state index in [4.69, 9.17) is 15.0 Å². The van der Waals surface area contributed by atoms with Gasteiger partial charge in [0.1, 0.15) is 0 Å². The number of rotatable bonds is 6. The van der Waals surface area contributed by atoms with Gasteiger partial charge in [-0.2, -0.15) is 0 Å². The molecule has 0 aliphatic heterocycles. The van der Waals surface area contributed by atoms with Crippen LogP contribution in [-0.2, 0) is 11.8 Å². The lowest BCUT2D eigenvalue weighted by Crippen LogP contribution is -2.25. The molecule has 0 spiro atoms. The molecule has 6 aromatic carbocycles. The summed E-state index contributed by atoms with van der Waals surface area (Å²) in [7, 11) is 0. The fourth-order valence-electron chi connectivity index (χ4n) is 7.25. The van der Waals surface area contributed by atoms with Gasteiger partial charge in [-0.1, -0.05) is 140 Å². The van der Waals surface area contributed by atoms with Crippen LogP contribution in [-0.4, -0.2) is 19.5 Å². The van der Waals surface area contributed by atoms with Crippen molar-refractivity contribution in [2.24, 2.45) is 0 Å². The van der Waals surface area contributed by atoms with Crippen LogP contribution in [0.15, 0.2) is 170 Å². The normalized spacial score (nSPS) is 15.2. The van der Waals surface area contributed by atoms with Crippen LogP contribution in [0.2, 0.25) is 0 Å². The summed E-state index contributed by atoms with van der Waals surface area (Å²) in [5, 5.41) is 1.30. The van der Waals surface area contributed by atoms with Gasteiger partial charge in [-0.15, -0.1) is 0 Å². The van der Waals surface area contributed by atoms with Gasteiger partial charge in [0.05, 0.1) is 5.52 Å². The van der Waals surface area contributed by atoms with Gasteiger partial charge in [0.15, 0.2) is 17.5 Å². The molecule has 1 aliphatic rings. The number of fused-ring (bicyclic) bond motifs is 3. The SMILES string of the molecule is CC1(c2ccccc2)C=Cc2c(c3ccccc3n2-c2ccc(-c3nc(-c4ccccc4)nc(-c4cccc(-c5ccccc5)c4)n3)cc2)C1. The lowest BCUT2D eigenvalue weighted by atomic mass is 9.74. The Bertz CT molecular complexity index is 2500. The van der Waals surface area contributed by atoms with E-state index in [1.807, 2.05) is 36.4 Å². The molecule has 9 rings (SSSR count). The van der Waals surface area contributed by atoms with E-state index in [0.717, 1.165) is 39.9 Å². The quantitative estimate of drug-likeness (QED) is 0.181. The smallest absolute Gasteiger partial charge is 0.164 e. The molecule has 0 saturated carbocycles. The molecular formula is C46H34N4. The summed E-state index contributed by atoms with van der Waals surface area (Å²) in [6, 6.07) is 57.2. The topological polar surface area (TPSA) is 43.6 Å². The summed E-state index contributed by atoms with van der Waals surface area (Å²) in [6.07, 6.45) is 5.63. The summed E-state index contributed by atoms with van der Waals surface area (Å²) in [4.78, 5) is 15.0. The molecule has 0 bridgehead atoms. The molecular weight excluding hydrogens is 609 g/mol. The van der Waals surface area contributed by atoms with Gasteiger partial charge in [0, 0.05) is 38.9 Å². The summed E-state index contributed by atoms with van der Waals surface area (Å²) in [6.45, 7) is 2.34. The van der Waals surface area contributed by atoms with Crippen LogP contribution >= 0.6 is 0 Å². The Kier molecular flexibility index (Phi) is 7.28. The van der Waals surface area contributed by atoms with Crippen LogP contribution in [0.3, 0.4) is 0 Å². The maximum absolute atomic E-state index is 5.05. The summed E-state index contributed by atoms with van der Waals surface area (Å²) in [5.74, 6) is 1.94. The summed E-state index contributed by atoms with van der Waals surface area (Å²) < 4.78 is 2.39. The highest BCUT2D eigenvalue weighted by Gasteiger charge is 2.31. The third-order valence-corrected chi connectivity index (χ3v) is 9.89. The molecule has 2 heterocycles. The van der Waals surface area contributed by atoms with Crippen molar-refractivity contribution in [3.63, 3.8) is 0 Å². The zero-order valence-electron chi connectivity index (χ0n) is 27.7. The minimum absolute atomic E-state index is 0.0689. The van der Waals surface area contributed by atoms with E-state index in [0.29, 0.717) is 17.5 Å². The fourth-order valence-corrected chi connectivity index (χ4v) is 7.25. The first-order valence-electron chi connectivity index (χ1n) is 17.1. The van der Waals surface area contributed by atoms with Crippen LogP contribution in [0.5, 0.6) is 0 Å². The highest BCUT2D eigenvalue weighted by molar-refractivity contribution is 5.91. The highest BCUT2D eigenvalue weighted by atomic mass is 15.0. The van der Waals surface area contributed by atoms with Crippen molar-refractivity contribution >= 4 is 17.0 Å². The van der Waals surface area contributed by atoms with E-state index >= 15 is 0 Å². The highest BCUT2D eigenvalue weighted by Crippen LogP contribution is 2.41. The second kappa shape index (κ2) is 12.2. The first kappa shape index (κ1) is 29.7. The van der Waals surface area contributed by atoms with Gasteiger partial charge in [0.2, 0.25) is 0 Å². The number of hydrogen-bond donors (Lipinski definition) is 0. The number of allylic oxidation sites excluding steroid dienone is 1. The average Bonchev–Trinajstić information content (AvgIpc) is 3.52. The third kappa shape index (κ3) is 5.32. The Labute approximate surface area is 292 Å². The third-order valence-electron chi connectivity index (χ3n) is 9.89. The molecule has 1 unspecified atom stereocenters. The van der Waals surface area contributed by atoms with E-state index in [1.165, 1.54) is 27.7 Å². The number of benzene rings is 6. The molecule has 2 aromatic heterocycles. The van der Waals surface area contributed by atoms with Crippen molar-refractivity contribution in [1.29, 1.82) is 0 Å². The van der Waals surface area contributed by atoms with E-state index in [2.05, 4.69) is 151 Å². The number of hydrogen-bond acceptors (Lipinski definition) is 3.